The van der Waals surface area contributed by atoms with Crippen LogP contribution in [-0.2, 0) is 18.7 Å². The molecule has 52 heavy (non-hydrogen) atoms. The number of amides is 2. The van der Waals surface area contributed by atoms with E-state index in [1.54, 1.807) is 36.4 Å². The first-order chi connectivity index (χ1) is 24.6. The zero-order valence-corrected chi connectivity index (χ0v) is 32.5. The van der Waals surface area contributed by atoms with E-state index in [0.717, 1.165) is 0 Å². The number of benzene rings is 4. The van der Waals surface area contributed by atoms with Gasteiger partial charge in [-0.05, 0) is 35.4 Å². The van der Waals surface area contributed by atoms with E-state index >= 15 is 9.13 Å². The van der Waals surface area contributed by atoms with Gasteiger partial charge in [0.2, 0.25) is 11.7 Å². The molecule has 0 bridgehead atoms. The van der Waals surface area contributed by atoms with Gasteiger partial charge in [0.25, 0.3) is 11.8 Å². The molecule has 0 spiro atoms. The van der Waals surface area contributed by atoms with Crippen LogP contribution in [-0.4, -0.2) is 48.0 Å². The molecule has 2 amide bonds. The van der Waals surface area contributed by atoms with Gasteiger partial charge in [0.1, 0.15) is 33.6 Å². The molecule has 2 N–H and O–H groups in total. The number of ether oxygens (including phenoxy) is 4. The molecule has 6 rings (SSSR count). The number of carbonyl (C=O) groups is 2. The predicted molar refractivity (Wildman–Crippen MR) is 203 cm³/mol. The number of nitrogens with one attached hydrogen (secondary N) is 2. The van der Waals surface area contributed by atoms with Crippen molar-refractivity contribution in [1.82, 2.24) is 10.6 Å². The number of rotatable bonds is 9. The summed E-state index contributed by atoms with van der Waals surface area (Å²) in [7, 11) is -4.31. The zero-order chi connectivity index (χ0) is 37.6. The number of carbonyl (C=O) groups excluding carboxylic acids is 2. The summed E-state index contributed by atoms with van der Waals surface area (Å²) in [6.07, 6.45) is 0. The van der Waals surface area contributed by atoms with Gasteiger partial charge in [0.15, 0.2) is 14.3 Å². The van der Waals surface area contributed by atoms with Crippen LogP contribution in [0, 0.1) is 0 Å². The van der Waals surface area contributed by atoms with Crippen molar-refractivity contribution in [3.8, 4) is 23.0 Å². The third-order valence-electron chi connectivity index (χ3n) is 9.85. The third kappa shape index (κ3) is 6.10. The molecule has 2 aliphatic rings. The van der Waals surface area contributed by atoms with Crippen molar-refractivity contribution in [3.63, 3.8) is 0 Å². The van der Waals surface area contributed by atoms with Gasteiger partial charge in [0.05, 0.1) is 26.3 Å². The number of methoxy groups -OCH3 is 2. The average Bonchev–Trinajstić information content (AvgIpc) is 3.63. The van der Waals surface area contributed by atoms with E-state index in [2.05, 4.69) is 10.6 Å². The summed E-state index contributed by atoms with van der Waals surface area (Å²) < 4.78 is 54.2. The molecule has 10 nitrogen and oxygen atoms in total. The SMILES string of the molecule is COc1cccc2c1[P@@](=O)(C(C)(C)C)[C@H](C(=O)N[C@H](c1ccccc1)[C@H](NC(=O)[C@@H]1Oc3cccc(OC)c3[P@@]1(=O)C(C)(C)C)c1ccccc1)O2. The summed E-state index contributed by atoms with van der Waals surface area (Å²) in [5.41, 5.74) is 1.33. The maximum absolute atomic E-state index is 15.3. The molecule has 2 aliphatic heterocycles. The molecule has 4 aromatic carbocycles. The lowest BCUT2D eigenvalue weighted by Gasteiger charge is -2.35. The van der Waals surface area contributed by atoms with Crippen molar-refractivity contribution in [1.29, 1.82) is 0 Å². The van der Waals surface area contributed by atoms with Gasteiger partial charge < -0.3 is 38.7 Å². The molecule has 0 aliphatic carbocycles. The monoisotopic (exact) mass is 744 g/mol. The minimum atomic E-state index is -3.65. The van der Waals surface area contributed by atoms with Crippen LogP contribution < -0.4 is 40.2 Å². The molecule has 274 valence electrons. The Bertz CT molecular complexity index is 1930. The first-order valence-electron chi connectivity index (χ1n) is 17.2. The Balaban J connectivity index is 1.43. The van der Waals surface area contributed by atoms with Crippen molar-refractivity contribution in [3.05, 3.63) is 108 Å². The van der Waals surface area contributed by atoms with Crippen LogP contribution in [0.5, 0.6) is 23.0 Å². The second-order valence-electron chi connectivity index (χ2n) is 15.0. The fourth-order valence-electron chi connectivity index (χ4n) is 7.10. The summed E-state index contributed by atoms with van der Waals surface area (Å²) in [5.74, 6) is -2.56. The van der Waals surface area contributed by atoms with Crippen molar-refractivity contribution < 1.29 is 37.7 Å². The first kappa shape index (κ1) is 37.2. The van der Waals surface area contributed by atoms with Gasteiger partial charge in [-0.25, -0.2) is 0 Å². The summed E-state index contributed by atoms with van der Waals surface area (Å²) >= 11 is 0. The average molecular weight is 745 g/mol. The van der Waals surface area contributed by atoms with E-state index in [9.17, 15) is 9.59 Å². The van der Waals surface area contributed by atoms with Crippen molar-refractivity contribution in [2.24, 2.45) is 0 Å². The van der Waals surface area contributed by atoms with Gasteiger partial charge in [0, 0.05) is 10.3 Å². The Kier molecular flexibility index (Phi) is 9.88. The van der Waals surface area contributed by atoms with E-state index in [4.69, 9.17) is 18.9 Å². The Morgan fingerprint density at radius 2 is 0.923 bits per heavy atom. The lowest BCUT2D eigenvalue weighted by molar-refractivity contribution is -0.128. The van der Waals surface area contributed by atoms with Crippen molar-refractivity contribution in [2.45, 2.75) is 75.6 Å². The molecular formula is C40H46N2O8P2. The standard InChI is InChI=1S/C40H46N2O8P2/c1-39(2,3)51(45)33-27(47-7)21-15-23-29(33)49-37(51)35(43)41-31(25-17-11-9-12-18-25)32(26-19-13-10-14-20-26)42-36(44)38-50-30-24-16-22-28(48-8)34(30)52(38,46)40(4,5)6/h9-24,31-32,37-38H,1-8H3,(H,41,43)(H,42,44)/t31-,32-,37-,38-,51+,52+/m1/s1. The van der Waals surface area contributed by atoms with Gasteiger partial charge in [-0.1, -0.05) is 114 Å². The minimum Gasteiger partial charge on any atom is -0.496 e. The van der Waals surface area contributed by atoms with Crippen LogP contribution in [0.15, 0.2) is 97.1 Å². The zero-order valence-electron chi connectivity index (χ0n) is 30.7. The maximum atomic E-state index is 15.3. The molecule has 0 saturated heterocycles. The largest absolute Gasteiger partial charge is 0.496 e. The summed E-state index contributed by atoms with van der Waals surface area (Å²) in [4.78, 5) is 29.3. The highest BCUT2D eigenvalue weighted by atomic mass is 31.2. The van der Waals surface area contributed by atoms with Gasteiger partial charge in [-0.3, -0.25) is 9.59 Å². The highest BCUT2D eigenvalue weighted by molar-refractivity contribution is 7.75. The van der Waals surface area contributed by atoms with E-state index in [1.165, 1.54) is 14.2 Å². The van der Waals surface area contributed by atoms with E-state index in [1.807, 2.05) is 102 Å². The Hall–Kier alpha value is -4.52. The topological polar surface area (TPSA) is 129 Å². The van der Waals surface area contributed by atoms with E-state index < -0.39 is 60.2 Å². The maximum Gasteiger partial charge on any atom is 0.269 e. The Morgan fingerprint density at radius 3 is 1.23 bits per heavy atom. The highest BCUT2D eigenvalue weighted by Gasteiger charge is 2.59. The summed E-state index contributed by atoms with van der Waals surface area (Å²) in [5, 5.41) is 5.29. The summed E-state index contributed by atoms with van der Waals surface area (Å²) in [6.45, 7) is 10.9. The first-order valence-corrected chi connectivity index (χ1v) is 20.7. The Labute approximate surface area is 305 Å². The minimum absolute atomic E-state index is 0.327. The van der Waals surface area contributed by atoms with E-state index in [0.29, 0.717) is 44.7 Å². The normalized spacial score (nSPS) is 23.2. The van der Waals surface area contributed by atoms with Gasteiger partial charge in [-0.2, -0.15) is 0 Å². The van der Waals surface area contributed by atoms with Gasteiger partial charge in [-0.15, -0.1) is 0 Å². The van der Waals surface area contributed by atoms with E-state index in [-0.39, 0.29) is 0 Å². The molecule has 6 atom stereocenters. The predicted octanol–water partition coefficient (Wildman–Crippen LogP) is 7.13. The molecule has 4 aromatic rings. The highest BCUT2D eigenvalue weighted by Crippen LogP contribution is 2.68. The quantitative estimate of drug-likeness (QED) is 0.173. The van der Waals surface area contributed by atoms with Crippen LogP contribution >= 0.6 is 14.3 Å². The molecule has 0 saturated carbocycles. The molecule has 2 heterocycles. The third-order valence-corrected chi connectivity index (χ3v) is 18.1. The summed E-state index contributed by atoms with van der Waals surface area (Å²) in [6, 6.07) is 26.9. The smallest absolute Gasteiger partial charge is 0.269 e. The van der Waals surface area contributed by atoms with Crippen molar-refractivity contribution >= 4 is 36.7 Å². The van der Waals surface area contributed by atoms with Crippen LogP contribution in [0.2, 0.25) is 0 Å². The van der Waals surface area contributed by atoms with Crippen LogP contribution in [0.25, 0.3) is 0 Å². The number of hydrogen-bond acceptors (Lipinski definition) is 8. The molecule has 0 unspecified atom stereocenters. The molecule has 12 heteroatoms. The van der Waals surface area contributed by atoms with Gasteiger partial charge >= 0.3 is 0 Å². The van der Waals surface area contributed by atoms with Crippen LogP contribution in [0.1, 0.15) is 64.8 Å². The number of fused-ring (bicyclic) bond motifs is 2. The van der Waals surface area contributed by atoms with Crippen LogP contribution in [0.4, 0.5) is 0 Å². The molecule has 0 radical (unpaired) electrons. The fraction of sp³-hybridized carbons (Fsp3) is 0.350. The molecule has 0 aromatic heterocycles. The fourth-order valence-corrected chi connectivity index (χ4v) is 13.5. The second-order valence-corrected chi connectivity index (χ2v) is 22.2. The van der Waals surface area contributed by atoms with Crippen molar-refractivity contribution in [2.75, 3.05) is 14.2 Å². The molecule has 0 fully saturated rings. The second kappa shape index (κ2) is 13.8. The lowest BCUT2D eigenvalue weighted by atomic mass is 9.93. The molecular weight excluding hydrogens is 698 g/mol. The lowest BCUT2D eigenvalue weighted by Crippen LogP contribution is -2.48. The van der Waals surface area contributed by atoms with Crippen LogP contribution in [0.3, 0.4) is 0 Å². The Morgan fingerprint density at radius 1 is 0.577 bits per heavy atom. The number of hydrogen-bond donors (Lipinski definition) is 2.